The van der Waals surface area contributed by atoms with Crippen molar-refractivity contribution in [3.63, 3.8) is 0 Å². The van der Waals surface area contributed by atoms with Crippen LogP contribution in [0.15, 0.2) is 61.1 Å². The zero-order valence-electron chi connectivity index (χ0n) is 16.6. The standard InChI is InChI=1S/C22H20N8O/c23-22-17-13-30(10-9-25-20(31)12-15-3-1-2-7-24-15)29-21(17)16-5-4-14(11-19(16)27-22)18-6-8-26-28-18/h1-8,11,13H,9-10,12H2,(H2,23,27)(H,25,31)(H,26,28). The molecule has 0 aliphatic rings. The van der Waals surface area contributed by atoms with Gasteiger partial charge in [-0.15, -0.1) is 0 Å². The number of nitrogen functional groups attached to an aromatic ring is 1. The Balaban J connectivity index is 1.34. The zero-order valence-corrected chi connectivity index (χ0v) is 16.6. The second kappa shape index (κ2) is 7.86. The van der Waals surface area contributed by atoms with Crippen LogP contribution in [0.3, 0.4) is 0 Å². The maximum absolute atomic E-state index is 12.1. The Morgan fingerprint density at radius 2 is 2.06 bits per heavy atom. The quantitative estimate of drug-likeness (QED) is 0.393. The highest BCUT2D eigenvalue weighted by Gasteiger charge is 2.12. The molecule has 0 aliphatic carbocycles. The molecule has 0 unspecified atom stereocenters. The van der Waals surface area contributed by atoms with Crippen LogP contribution in [0, 0.1) is 0 Å². The molecule has 9 nitrogen and oxygen atoms in total. The number of nitrogens with zero attached hydrogens (tertiary/aromatic N) is 5. The number of aromatic amines is 1. The van der Waals surface area contributed by atoms with E-state index >= 15 is 0 Å². The highest BCUT2D eigenvalue weighted by Crippen LogP contribution is 2.29. The lowest BCUT2D eigenvalue weighted by Gasteiger charge is -2.05. The Bertz CT molecular complexity index is 1360. The van der Waals surface area contributed by atoms with Gasteiger partial charge in [0.1, 0.15) is 11.3 Å². The van der Waals surface area contributed by atoms with E-state index in [4.69, 9.17) is 5.73 Å². The van der Waals surface area contributed by atoms with Crippen molar-refractivity contribution in [3.8, 4) is 11.3 Å². The molecule has 0 aliphatic heterocycles. The van der Waals surface area contributed by atoms with Gasteiger partial charge in [0.25, 0.3) is 0 Å². The fourth-order valence-electron chi connectivity index (χ4n) is 3.56. The summed E-state index contributed by atoms with van der Waals surface area (Å²) in [6.07, 6.45) is 5.51. The van der Waals surface area contributed by atoms with Gasteiger partial charge in [-0.1, -0.05) is 12.1 Å². The summed E-state index contributed by atoms with van der Waals surface area (Å²) in [5.74, 6) is 0.350. The van der Waals surface area contributed by atoms with Crippen LogP contribution in [0.1, 0.15) is 5.69 Å². The Morgan fingerprint density at radius 1 is 1.13 bits per heavy atom. The van der Waals surface area contributed by atoms with Gasteiger partial charge >= 0.3 is 0 Å². The molecule has 0 saturated heterocycles. The molecule has 154 valence electrons. The number of rotatable bonds is 6. The topological polar surface area (TPSA) is 127 Å². The van der Waals surface area contributed by atoms with E-state index in [1.165, 1.54) is 0 Å². The van der Waals surface area contributed by atoms with Crippen molar-refractivity contribution in [3.05, 3.63) is 66.7 Å². The van der Waals surface area contributed by atoms with Crippen molar-refractivity contribution in [2.24, 2.45) is 0 Å². The number of hydrogen-bond donors (Lipinski definition) is 3. The summed E-state index contributed by atoms with van der Waals surface area (Å²) >= 11 is 0. The van der Waals surface area contributed by atoms with Crippen molar-refractivity contribution in [2.75, 3.05) is 12.3 Å². The van der Waals surface area contributed by atoms with Crippen molar-refractivity contribution in [1.82, 2.24) is 35.3 Å². The normalized spacial score (nSPS) is 11.2. The molecule has 5 rings (SSSR count). The highest BCUT2D eigenvalue weighted by atomic mass is 16.1. The fraction of sp³-hybridized carbons (Fsp3) is 0.136. The fourth-order valence-corrected chi connectivity index (χ4v) is 3.56. The van der Waals surface area contributed by atoms with Crippen molar-refractivity contribution in [1.29, 1.82) is 0 Å². The molecule has 0 saturated carbocycles. The van der Waals surface area contributed by atoms with Crippen LogP contribution < -0.4 is 11.1 Å². The van der Waals surface area contributed by atoms with Gasteiger partial charge in [0.15, 0.2) is 0 Å². The van der Waals surface area contributed by atoms with Crippen LogP contribution in [0.2, 0.25) is 0 Å². The van der Waals surface area contributed by atoms with Crippen LogP contribution in [0.5, 0.6) is 0 Å². The summed E-state index contributed by atoms with van der Waals surface area (Å²) in [5, 5.41) is 16.3. The number of nitrogens with two attached hydrogens (primary N) is 1. The predicted octanol–water partition coefficient (Wildman–Crippen LogP) is 2.31. The first-order chi connectivity index (χ1) is 15.2. The number of nitrogens with one attached hydrogen (secondary N) is 2. The van der Waals surface area contributed by atoms with Crippen molar-refractivity contribution in [2.45, 2.75) is 13.0 Å². The summed E-state index contributed by atoms with van der Waals surface area (Å²) in [5.41, 5.74) is 10.4. The molecule has 0 radical (unpaired) electrons. The lowest BCUT2D eigenvalue weighted by molar-refractivity contribution is -0.120. The molecule has 0 atom stereocenters. The minimum Gasteiger partial charge on any atom is -0.383 e. The Labute approximate surface area is 177 Å². The summed E-state index contributed by atoms with van der Waals surface area (Å²) in [4.78, 5) is 20.8. The van der Waals surface area contributed by atoms with Gasteiger partial charge in [0.2, 0.25) is 5.91 Å². The molecule has 1 amide bonds. The van der Waals surface area contributed by atoms with Gasteiger partial charge in [-0.3, -0.25) is 19.6 Å². The largest absolute Gasteiger partial charge is 0.383 e. The smallest absolute Gasteiger partial charge is 0.226 e. The molecule has 4 N–H and O–H groups in total. The Kier molecular flexibility index (Phi) is 4.75. The van der Waals surface area contributed by atoms with E-state index in [1.807, 2.05) is 48.7 Å². The van der Waals surface area contributed by atoms with E-state index in [9.17, 15) is 4.79 Å². The molecular formula is C22H20N8O. The monoisotopic (exact) mass is 412 g/mol. The zero-order chi connectivity index (χ0) is 21.2. The number of benzene rings is 1. The molecule has 9 heteroatoms. The Morgan fingerprint density at radius 3 is 2.87 bits per heavy atom. The van der Waals surface area contributed by atoms with E-state index in [0.717, 1.165) is 38.8 Å². The van der Waals surface area contributed by atoms with Crippen LogP contribution in [-0.4, -0.2) is 42.4 Å². The molecule has 0 bridgehead atoms. The van der Waals surface area contributed by atoms with E-state index in [0.29, 0.717) is 18.9 Å². The molecule has 4 aromatic heterocycles. The number of aromatic nitrogens is 6. The average Bonchev–Trinajstić information content (AvgIpc) is 3.45. The maximum Gasteiger partial charge on any atom is 0.226 e. The Hall–Kier alpha value is -4.27. The lowest BCUT2D eigenvalue weighted by atomic mass is 10.1. The summed E-state index contributed by atoms with van der Waals surface area (Å²) < 4.78 is 1.78. The van der Waals surface area contributed by atoms with E-state index in [2.05, 4.69) is 30.6 Å². The highest BCUT2D eigenvalue weighted by molar-refractivity contribution is 6.08. The second-order valence-corrected chi connectivity index (χ2v) is 7.20. The predicted molar refractivity (Wildman–Crippen MR) is 118 cm³/mol. The summed E-state index contributed by atoms with van der Waals surface area (Å²) in [6.45, 7) is 0.977. The van der Waals surface area contributed by atoms with Gasteiger partial charge in [-0.05, 0) is 30.3 Å². The average molecular weight is 412 g/mol. The molecule has 31 heavy (non-hydrogen) atoms. The number of fused-ring (bicyclic) bond motifs is 3. The number of anilines is 1. The van der Waals surface area contributed by atoms with Gasteiger partial charge in [0.05, 0.1) is 29.6 Å². The molecule has 4 heterocycles. The van der Waals surface area contributed by atoms with Crippen LogP contribution in [0.4, 0.5) is 5.82 Å². The molecule has 5 aromatic rings. The number of amides is 1. The molecule has 1 aromatic carbocycles. The molecule has 0 fully saturated rings. The third-order valence-electron chi connectivity index (χ3n) is 5.07. The number of carbonyl (C=O) groups excluding carboxylic acids is 1. The van der Waals surface area contributed by atoms with Gasteiger partial charge in [0, 0.05) is 41.8 Å². The first kappa shape index (κ1) is 18.7. The van der Waals surface area contributed by atoms with Crippen molar-refractivity contribution < 1.29 is 4.79 Å². The first-order valence-corrected chi connectivity index (χ1v) is 9.90. The minimum atomic E-state index is -0.0756. The molecular weight excluding hydrogens is 392 g/mol. The minimum absolute atomic E-state index is 0.0756. The van der Waals surface area contributed by atoms with E-state index < -0.39 is 0 Å². The van der Waals surface area contributed by atoms with Gasteiger partial charge in [-0.2, -0.15) is 10.2 Å². The van der Waals surface area contributed by atoms with Crippen LogP contribution in [0.25, 0.3) is 33.1 Å². The van der Waals surface area contributed by atoms with Gasteiger partial charge < -0.3 is 11.1 Å². The number of carbonyl (C=O) groups is 1. The second-order valence-electron chi connectivity index (χ2n) is 7.20. The summed E-state index contributed by atoms with van der Waals surface area (Å²) in [7, 11) is 0. The molecule has 0 spiro atoms. The van der Waals surface area contributed by atoms with Crippen molar-refractivity contribution >= 4 is 33.5 Å². The third kappa shape index (κ3) is 3.80. The number of pyridine rings is 2. The van der Waals surface area contributed by atoms with E-state index in [-0.39, 0.29) is 12.3 Å². The number of H-pyrrole nitrogens is 1. The lowest BCUT2D eigenvalue weighted by Crippen LogP contribution is -2.28. The maximum atomic E-state index is 12.1. The van der Waals surface area contributed by atoms with Crippen LogP contribution in [-0.2, 0) is 17.8 Å². The first-order valence-electron chi connectivity index (χ1n) is 9.90. The van der Waals surface area contributed by atoms with Crippen LogP contribution >= 0.6 is 0 Å². The third-order valence-corrected chi connectivity index (χ3v) is 5.07. The summed E-state index contributed by atoms with van der Waals surface area (Å²) in [6, 6.07) is 13.4. The van der Waals surface area contributed by atoms with E-state index in [1.54, 1.807) is 17.1 Å². The number of hydrogen-bond acceptors (Lipinski definition) is 6. The van der Waals surface area contributed by atoms with Gasteiger partial charge in [-0.25, -0.2) is 4.98 Å². The SMILES string of the molecule is Nc1nc2cc(-c3ccn[nH]3)ccc2c2nn(CCNC(=O)Cc3ccccn3)cc12.